The zero-order valence-electron chi connectivity index (χ0n) is 19.6. The number of nitrogens with zero attached hydrogens (tertiary/aromatic N) is 3. The van der Waals surface area contributed by atoms with Crippen molar-refractivity contribution in [1.29, 1.82) is 0 Å². The molecule has 5 rings (SSSR count). The molecule has 1 saturated heterocycles. The van der Waals surface area contributed by atoms with Crippen LogP contribution in [0.2, 0.25) is 0 Å². The molecule has 0 unspecified atom stereocenters. The number of pyridine rings is 1. The van der Waals surface area contributed by atoms with Gasteiger partial charge in [0.15, 0.2) is 0 Å². The topological polar surface area (TPSA) is 60.6 Å². The first-order chi connectivity index (χ1) is 15.5. The molecule has 4 heterocycles. The lowest BCUT2D eigenvalue weighted by atomic mass is 9.87. The van der Waals surface area contributed by atoms with Crippen LogP contribution in [0.4, 0.5) is 0 Å². The van der Waals surface area contributed by atoms with Crippen molar-refractivity contribution >= 4 is 10.9 Å². The number of rotatable bonds is 5. The maximum absolute atomic E-state index is 4.48. The molecule has 5 nitrogen and oxygen atoms in total. The van der Waals surface area contributed by atoms with Gasteiger partial charge in [0.2, 0.25) is 0 Å². The standard InChI is InChI=1S/C27H33N5/c1-17(2)26-23-14-21(5-6-24(23)31-27(26)22-7-10-28-18(3)13-22)20-8-11-32(12-9-20)15-25-19(4)29-16-30-25/h5-7,10,13-14,16-17,20,31H,8-9,11-12,15H2,1-4H3,(H,29,30). The molecule has 0 aliphatic carbocycles. The molecule has 0 spiro atoms. The van der Waals surface area contributed by atoms with E-state index in [9.17, 15) is 0 Å². The fourth-order valence-electron chi connectivity index (χ4n) is 5.20. The SMILES string of the molecule is Cc1cc(-c2[nH]c3ccc(C4CCN(Cc5nc[nH]c5C)CC4)cc3c2C(C)C)ccn1. The highest BCUT2D eigenvalue weighted by molar-refractivity contribution is 5.92. The molecule has 0 bridgehead atoms. The van der Waals surface area contributed by atoms with Crippen molar-refractivity contribution in [3.8, 4) is 11.3 Å². The predicted octanol–water partition coefficient (Wildman–Crippen LogP) is 6.07. The molecule has 1 aliphatic heterocycles. The van der Waals surface area contributed by atoms with E-state index in [-0.39, 0.29) is 0 Å². The molecule has 3 aromatic heterocycles. The second-order valence-electron chi connectivity index (χ2n) is 9.58. The quantitative estimate of drug-likeness (QED) is 0.406. The van der Waals surface area contributed by atoms with E-state index < -0.39 is 0 Å². The van der Waals surface area contributed by atoms with Crippen molar-refractivity contribution in [2.45, 2.75) is 58.9 Å². The maximum Gasteiger partial charge on any atom is 0.0925 e. The summed E-state index contributed by atoms with van der Waals surface area (Å²) < 4.78 is 0. The highest BCUT2D eigenvalue weighted by Gasteiger charge is 2.23. The fourth-order valence-corrected chi connectivity index (χ4v) is 5.20. The van der Waals surface area contributed by atoms with Gasteiger partial charge >= 0.3 is 0 Å². The number of H-pyrrole nitrogens is 2. The minimum Gasteiger partial charge on any atom is -0.354 e. The summed E-state index contributed by atoms with van der Waals surface area (Å²) >= 11 is 0. The molecule has 0 atom stereocenters. The molecule has 0 saturated carbocycles. The summed E-state index contributed by atoms with van der Waals surface area (Å²) in [7, 11) is 0. The molecule has 1 aliphatic rings. The third-order valence-corrected chi connectivity index (χ3v) is 6.99. The Labute approximate surface area is 190 Å². The van der Waals surface area contributed by atoms with Crippen molar-refractivity contribution in [3.63, 3.8) is 0 Å². The van der Waals surface area contributed by atoms with Crippen LogP contribution in [0.25, 0.3) is 22.2 Å². The lowest BCUT2D eigenvalue weighted by Gasteiger charge is -2.32. The van der Waals surface area contributed by atoms with Gasteiger partial charge in [-0.2, -0.15) is 0 Å². The van der Waals surface area contributed by atoms with Crippen LogP contribution in [0.3, 0.4) is 0 Å². The van der Waals surface area contributed by atoms with Crippen LogP contribution in [-0.4, -0.2) is 37.9 Å². The molecule has 5 heteroatoms. The van der Waals surface area contributed by atoms with Crippen molar-refractivity contribution in [3.05, 3.63) is 71.1 Å². The summed E-state index contributed by atoms with van der Waals surface area (Å²) in [6, 6.07) is 11.4. The first-order valence-corrected chi connectivity index (χ1v) is 11.8. The van der Waals surface area contributed by atoms with Crippen LogP contribution in [0, 0.1) is 13.8 Å². The monoisotopic (exact) mass is 427 g/mol. The van der Waals surface area contributed by atoms with Gasteiger partial charge in [-0.05, 0) is 87.0 Å². The van der Waals surface area contributed by atoms with Crippen LogP contribution in [0.5, 0.6) is 0 Å². The van der Waals surface area contributed by atoms with E-state index in [1.807, 2.05) is 6.20 Å². The highest BCUT2D eigenvalue weighted by atomic mass is 15.1. The maximum atomic E-state index is 4.48. The summed E-state index contributed by atoms with van der Waals surface area (Å²) in [6.07, 6.45) is 6.11. The molecule has 32 heavy (non-hydrogen) atoms. The van der Waals surface area contributed by atoms with E-state index in [1.54, 1.807) is 6.33 Å². The van der Waals surface area contributed by atoms with Gasteiger partial charge in [-0.25, -0.2) is 4.98 Å². The number of aromatic amines is 2. The number of hydrogen-bond acceptors (Lipinski definition) is 3. The summed E-state index contributed by atoms with van der Waals surface area (Å²) in [4.78, 5) is 18.3. The number of nitrogens with one attached hydrogen (secondary N) is 2. The minimum atomic E-state index is 0.446. The molecule has 2 N–H and O–H groups in total. The normalized spacial score (nSPS) is 15.8. The van der Waals surface area contributed by atoms with Crippen molar-refractivity contribution in [1.82, 2.24) is 24.8 Å². The molecular weight excluding hydrogens is 394 g/mol. The lowest BCUT2D eigenvalue weighted by molar-refractivity contribution is 0.202. The molecule has 1 aromatic carbocycles. The fraction of sp³-hybridized carbons (Fsp3) is 0.407. The Morgan fingerprint density at radius 3 is 2.56 bits per heavy atom. The predicted molar refractivity (Wildman–Crippen MR) is 131 cm³/mol. The number of piperidine rings is 1. The summed E-state index contributed by atoms with van der Waals surface area (Å²) in [5.41, 5.74) is 10.00. The van der Waals surface area contributed by atoms with Crippen molar-refractivity contribution < 1.29 is 0 Å². The van der Waals surface area contributed by atoms with E-state index in [4.69, 9.17) is 0 Å². The smallest absolute Gasteiger partial charge is 0.0925 e. The van der Waals surface area contributed by atoms with Crippen LogP contribution >= 0.6 is 0 Å². The van der Waals surface area contributed by atoms with Crippen LogP contribution < -0.4 is 0 Å². The second kappa shape index (κ2) is 8.55. The Kier molecular flexibility index (Phi) is 5.60. The minimum absolute atomic E-state index is 0.446. The lowest BCUT2D eigenvalue weighted by Crippen LogP contribution is -2.32. The molecule has 0 amide bonds. The second-order valence-corrected chi connectivity index (χ2v) is 9.58. The molecule has 0 radical (unpaired) electrons. The number of likely N-dealkylation sites (tertiary alicyclic amines) is 1. The van der Waals surface area contributed by atoms with Gasteiger partial charge in [0.25, 0.3) is 0 Å². The molecule has 166 valence electrons. The Bertz CT molecular complexity index is 1220. The van der Waals surface area contributed by atoms with Gasteiger partial charge in [0.05, 0.1) is 17.7 Å². The summed E-state index contributed by atoms with van der Waals surface area (Å²) in [6.45, 7) is 11.9. The highest BCUT2D eigenvalue weighted by Crippen LogP contribution is 2.38. The Balaban J connectivity index is 1.40. The van der Waals surface area contributed by atoms with E-state index in [2.05, 4.69) is 82.9 Å². The Morgan fingerprint density at radius 1 is 1.06 bits per heavy atom. The average Bonchev–Trinajstić information content (AvgIpc) is 3.37. The zero-order chi connectivity index (χ0) is 22.2. The first-order valence-electron chi connectivity index (χ1n) is 11.8. The van der Waals surface area contributed by atoms with Crippen LogP contribution in [0.1, 0.15) is 66.7 Å². The van der Waals surface area contributed by atoms with Crippen LogP contribution in [-0.2, 0) is 6.54 Å². The molecular formula is C27H33N5. The van der Waals surface area contributed by atoms with Gasteiger partial charge < -0.3 is 9.97 Å². The van der Waals surface area contributed by atoms with Gasteiger partial charge in [-0.15, -0.1) is 0 Å². The first kappa shape index (κ1) is 21.0. The number of aromatic nitrogens is 4. The van der Waals surface area contributed by atoms with E-state index in [0.717, 1.165) is 25.3 Å². The van der Waals surface area contributed by atoms with E-state index in [0.29, 0.717) is 11.8 Å². The van der Waals surface area contributed by atoms with Crippen molar-refractivity contribution in [2.24, 2.45) is 0 Å². The van der Waals surface area contributed by atoms with Gasteiger partial charge in [0, 0.05) is 40.6 Å². The molecule has 4 aromatic rings. The Morgan fingerprint density at radius 2 is 1.88 bits per heavy atom. The summed E-state index contributed by atoms with van der Waals surface area (Å²) in [5.74, 6) is 1.07. The summed E-state index contributed by atoms with van der Waals surface area (Å²) in [5, 5.41) is 1.37. The number of fused-ring (bicyclic) bond motifs is 1. The van der Waals surface area contributed by atoms with E-state index >= 15 is 0 Å². The zero-order valence-corrected chi connectivity index (χ0v) is 19.6. The average molecular weight is 428 g/mol. The van der Waals surface area contributed by atoms with Gasteiger partial charge in [-0.1, -0.05) is 19.9 Å². The van der Waals surface area contributed by atoms with Crippen molar-refractivity contribution in [2.75, 3.05) is 13.1 Å². The number of aryl methyl sites for hydroxylation is 2. The van der Waals surface area contributed by atoms with Gasteiger partial charge in [0.1, 0.15) is 0 Å². The number of imidazole rings is 1. The number of benzene rings is 1. The number of hydrogen-bond donors (Lipinski definition) is 2. The van der Waals surface area contributed by atoms with E-state index in [1.165, 1.54) is 57.5 Å². The van der Waals surface area contributed by atoms with Gasteiger partial charge in [-0.3, -0.25) is 9.88 Å². The molecule has 1 fully saturated rings. The van der Waals surface area contributed by atoms with Crippen LogP contribution in [0.15, 0.2) is 42.9 Å². The largest absolute Gasteiger partial charge is 0.354 e. The third-order valence-electron chi connectivity index (χ3n) is 6.99. The third kappa shape index (κ3) is 3.97. The Hall–Kier alpha value is -2.92.